The molecule has 0 aliphatic heterocycles. The van der Waals surface area contributed by atoms with Gasteiger partial charge in [0.05, 0.1) is 0 Å². The van der Waals surface area contributed by atoms with Crippen molar-refractivity contribution in [2.24, 2.45) is 5.92 Å². The van der Waals surface area contributed by atoms with Crippen LogP contribution in [0.1, 0.15) is 19.4 Å². The quantitative estimate of drug-likeness (QED) is 0.783. The van der Waals surface area contributed by atoms with E-state index in [1.54, 1.807) is 12.1 Å². The minimum absolute atomic E-state index is 0.488. The first-order valence-corrected chi connectivity index (χ1v) is 5.50. The first kappa shape index (κ1) is 11.2. The lowest BCUT2D eigenvalue weighted by atomic mass is 10.0. The van der Waals surface area contributed by atoms with E-state index in [9.17, 15) is 4.21 Å². The molecule has 1 rings (SSSR count). The molecule has 78 valence electrons. The van der Waals surface area contributed by atoms with E-state index < -0.39 is 11.4 Å². The van der Waals surface area contributed by atoms with Gasteiger partial charge in [0.25, 0.3) is 0 Å². The molecular formula is C10H14O3S. The Bertz CT molecular complexity index is 323. The van der Waals surface area contributed by atoms with Crippen LogP contribution in [0.25, 0.3) is 0 Å². The van der Waals surface area contributed by atoms with Crippen LogP contribution in [0.4, 0.5) is 0 Å². The minimum atomic E-state index is -2.24. The molecule has 0 saturated heterocycles. The lowest BCUT2D eigenvalue weighted by molar-refractivity contribution is 0.453. The van der Waals surface area contributed by atoms with Gasteiger partial charge in [0, 0.05) is 0 Å². The zero-order chi connectivity index (χ0) is 10.6. The molecule has 0 radical (unpaired) electrons. The van der Waals surface area contributed by atoms with E-state index in [1.165, 1.54) is 0 Å². The average molecular weight is 214 g/mol. The summed E-state index contributed by atoms with van der Waals surface area (Å²) in [6.45, 7) is 4.18. The molecule has 1 N–H and O–H groups in total. The van der Waals surface area contributed by atoms with Crippen LogP contribution < -0.4 is 4.18 Å². The molecular weight excluding hydrogens is 200 g/mol. The Morgan fingerprint density at radius 1 is 1.43 bits per heavy atom. The molecule has 0 aliphatic rings. The summed E-state index contributed by atoms with van der Waals surface area (Å²) in [5.41, 5.74) is 0.963. The molecule has 0 heterocycles. The van der Waals surface area contributed by atoms with Gasteiger partial charge < -0.3 is 4.18 Å². The topological polar surface area (TPSA) is 46.5 Å². The van der Waals surface area contributed by atoms with E-state index in [-0.39, 0.29) is 0 Å². The summed E-state index contributed by atoms with van der Waals surface area (Å²) in [6, 6.07) is 7.28. The number of para-hydroxylation sites is 1. The van der Waals surface area contributed by atoms with Crippen LogP contribution >= 0.6 is 0 Å². The second-order valence-corrected chi connectivity index (χ2v) is 4.11. The molecule has 0 aromatic heterocycles. The van der Waals surface area contributed by atoms with Crippen molar-refractivity contribution in [3.8, 4) is 5.75 Å². The van der Waals surface area contributed by atoms with E-state index >= 15 is 0 Å². The Morgan fingerprint density at radius 2 is 2.07 bits per heavy atom. The second-order valence-electron chi connectivity index (χ2n) is 3.51. The molecule has 0 aliphatic carbocycles. The van der Waals surface area contributed by atoms with Gasteiger partial charge >= 0.3 is 11.4 Å². The summed E-state index contributed by atoms with van der Waals surface area (Å²) in [5.74, 6) is 0.980. The standard InChI is InChI=1S/C10H14O3S/c1-8(2)7-9-5-3-4-6-10(9)13-14(11)12/h3-6,8H,7H2,1-2H3,(H,11,12). The Hall–Kier alpha value is -0.870. The van der Waals surface area contributed by atoms with E-state index in [0.29, 0.717) is 11.7 Å². The molecule has 1 aromatic carbocycles. The average Bonchev–Trinajstić information content (AvgIpc) is 2.06. The van der Waals surface area contributed by atoms with E-state index in [0.717, 1.165) is 12.0 Å². The Balaban J connectivity index is 2.85. The molecule has 1 atom stereocenters. The highest BCUT2D eigenvalue weighted by Crippen LogP contribution is 2.21. The highest BCUT2D eigenvalue weighted by atomic mass is 32.2. The third kappa shape index (κ3) is 3.47. The van der Waals surface area contributed by atoms with Crippen LogP contribution in [-0.2, 0) is 17.8 Å². The van der Waals surface area contributed by atoms with Gasteiger partial charge in [-0.3, -0.25) is 4.55 Å². The maximum absolute atomic E-state index is 10.5. The molecule has 0 fully saturated rings. The van der Waals surface area contributed by atoms with Crippen molar-refractivity contribution in [3.05, 3.63) is 29.8 Å². The van der Waals surface area contributed by atoms with Crippen LogP contribution in [0, 0.1) is 5.92 Å². The van der Waals surface area contributed by atoms with E-state index in [1.807, 2.05) is 12.1 Å². The van der Waals surface area contributed by atoms with Crippen molar-refractivity contribution in [2.45, 2.75) is 20.3 Å². The van der Waals surface area contributed by atoms with Gasteiger partial charge in [-0.1, -0.05) is 32.0 Å². The Morgan fingerprint density at radius 3 is 2.64 bits per heavy atom. The summed E-state index contributed by atoms with van der Waals surface area (Å²) >= 11 is -2.24. The van der Waals surface area contributed by atoms with Crippen LogP contribution in [0.5, 0.6) is 5.75 Å². The van der Waals surface area contributed by atoms with Crippen LogP contribution in [-0.4, -0.2) is 8.76 Å². The van der Waals surface area contributed by atoms with Gasteiger partial charge in [-0.05, 0) is 24.0 Å². The number of rotatable bonds is 4. The van der Waals surface area contributed by atoms with Crippen LogP contribution in [0.15, 0.2) is 24.3 Å². The maximum atomic E-state index is 10.5. The summed E-state index contributed by atoms with van der Waals surface area (Å²) in [6.07, 6.45) is 0.841. The molecule has 0 bridgehead atoms. The van der Waals surface area contributed by atoms with Gasteiger partial charge in [0.2, 0.25) is 0 Å². The summed E-state index contributed by atoms with van der Waals surface area (Å²) in [5, 5.41) is 0. The zero-order valence-corrected chi connectivity index (χ0v) is 9.08. The molecule has 1 aromatic rings. The number of hydrogen-bond donors (Lipinski definition) is 1. The van der Waals surface area contributed by atoms with Gasteiger partial charge in [-0.2, -0.15) is 4.21 Å². The van der Waals surface area contributed by atoms with E-state index in [4.69, 9.17) is 8.74 Å². The molecule has 4 heteroatoms. The first-order valence-electron chi connectivity index (χ1n) is 4.46. The minimum Gasteiger partial charge on any atom is -0.380 e. The number of hydrogen-bond acceptors (Lipinski definition) is 2. The van der Waals surface area contributed by atoms with Crippen molar-refractivity contribution in [1.29, 1.82) is 0 Å². The van der Waals surface area contributed by atoms with Crippen molar-refractivity contribution in [2.75, 3.05) is 0 Å². The lowest BCUT2D eigenvalue weighted by Crippen LogP contribution is -2.02. The second kappa shape index (κ2) is 5.12. The Labute approximate surface area is 86.6 Å². The largest absolute Gasteiger partial charge is 0.380 e. The molecule has 0 saturated carbocycles. The van der Waals surface area contributed by atoms with E-state index in [2.05, 4.69) is 13.8 Å². The summed E-state index contributed by atoms with van der Waals surface area (Å²) in [4.78, 5) is 0. The summed E-state index contributed by atoms with van der Waals surface area (Å²) in [7, 11) is 0. The predicted octanol–water partition coefficient (Wildman–Crippen LogP) is 2.40. The third-order valence-corrected chi connectivity index (χ3v) is 2.08. The van der Waals surface area contributed by atoms with Crippen molar-refractivity contribution in [3.63, 3.8) is 0 Å². The smallest absolute Gasteiger partial charge is 0.357 e. The highest BCUT2D eigenvalue weighted by Gasteiger charge is 2.07. The van der Waals surface area contributed by atoms with Gasteiger partial charge in [0.1, 0.15) is 5.75 Å². The molecule has 0 amide bonds. The van der Waals surface area contributed by atoms with Gasteiger partial charge in [0.15, 0.2) is 0 Å². The molecule has 1 unspecified atom stereocenters. The SMILES string of the molecule is CC(C)Cc1ccccc1OS(=O)O. The fraction of sp³-hybridized carbons (Fsp3) is 0.400. The predicted molar refractivity (Wildman–Crippen MR) is 56.4 cm³/mol. The molecule has 0 spiro atoms. The van der Waals surface area contributed by atoms with Crippen molar-refractivity contribution < 1.29 is 12.9 Å². The maximum Gasteiger partial charge on any atom is 0.357 e. The summed E-state index contributed by atoms with van der Waals surface area (Å²) < 4.78 is 23.9. The lowest BCUT2D eigenvalue weighted by Gasteiger charge is -2.09. The van der Waals surface area contributed by atoms with Crippen LogP contribution in [0.2, 0.25) is 0 Å². The highest BCUT2D eigenvalue weighted by molar-refractivity contribution is 7.74. The molecule has 3 nitrogen and oxygen atoms in total. The van der Waals surface area contributed by atoms with Crippen molar-refractivity contribution >= 4 is 11.4 Å². The number of benzene rings is 1. The fourth-order valence-electron chi connectivity index (χ4n) is 1.27. The third-order valence-electron chi connectivity index (χ3n) is 1.76. The normalized spacial score (nSPS) is 12.9. The molecule has 14 heavy (non-hydrogen) atoms. The zero-order valence-electron chi connectivity index (χ0n) is 8.27. The first-order chi connectivity index (χ1) is 6.59. The fourth-order valence-corrected chi connectivity index (χ4v) is 1.59. The van der Waals surface area contributed by atoms with Crippen molar-refractivity contribution in [1.82, 2.24) is 0 Å². The van der Waals surface area contributed by atoms with Gasteiger partial charge in [-0.25, -0.2) is 0 Å². The van der Waals surface area contributed by atoms with Crippen LogP contribution in [0.3, 0.4) is 0 Å². The van der Waals surface area contributed by atoms with Gasteiger partial charge in [-0.15, -0.1) is 0 Å². The monoisotopic (exact) mass is 214 g/mol. The Kier molecular flexibility index (Phi) is 4.10.